The van der Waals surface area contributed by atoms with Crippen LogP contribution in [0, 0.1) is 0 Å². The third kappa shape index (κ3) is 2.56. The van der Waals surface area contributed by atoms with Crippen molar-refractivity contribution in [3.8, 4) is 0 Å². The summed E-state index contributed by atoms with van der Waals surface area (Å²) < 4.78 is 0. The van der Waals surface area contributed by atoms with Crippen LogP contribution in [-0.4, -0.2) is 36.6 Å². The number of carboxylic acids is 1. The van der Waals surface area contributed by atoms with Crippen LogP contribution in [0.3, 0.4) is 0 Å². The van der Waals surface area contributed by atoms with Crippen LogP contribution >= 0.6 is 11.6 Å². The smallest absolute Gasteiger partial charge is 0.337 e. The normalized spacial score (nSPS) is 16.1. The van der Waals surface area contributed by atoms with Gasteiger partial charge in [0.2, 0.25) is 5.91 Å². The number of amides is 1. The molecule has 0 aliphatic carbocycles. The molecule has 1 aromatic carbocycles. The monoisotopic (exact) mass is 268 g/mol. The highest BCUT2D eigenvalue weighted by atomic mass is 35.5. The Morgan fingerprint density at radius 3 is 2.89 bits per heavy atom. The number of anilines is 1. The minimum atomic E-state index is -1.02. The van der Waals surface area contributed by atoms with Gasteiger partial charge in [-0.1, -0.05) is 17.7 Å². The lowest BCUT2D eigenvalue weighted by molar-refractivity contribution is -0.120. The molecular formula is C12H13ClN2O3. The van der Waals surface area contributed by atoms with Crippen LogP contribution in [0.5, 0.6) is 0 Å². The van der Waals surface area contributed by atoms with Gasteiger partial charge < -0.3 is 15.3 Å². The second-order valence-electron chi connectivity index (χ2n) is 4.03. The average molecular weight is 269 g/mol. The predicted octanol–water partition coefficient (Wildman–Crippen LogP) is 1.36. The maximum absolute atomic E-state index is 11.3. The largest absolute Gasteiger partial charge is 0.478 e. The van der Waals surface area contributed by atoms with Crippen molar-refractivity contribution in [1.82, 2.24) is 5.32 Å². The maximum Gasteiger partial charge on any atom is 0.337 e. The summed E-state index contributed by atoms with van der Waals surface area (Å²) in [7, 11) is 0. The van der Waals surface area contributed by atoms with Gasteiger partial charge in [-0.15, -0.1) is 0 Å². The topological polar surface area (TPSA) is 69.6 Å². The van der Waals surface area contributed by atoms with Crippen LogP contribution < -0.4 is 10.2 Å². The number of carbonyl (C=O) groups excluding carboxylic acids is 1. The van der Waals surface area contributed by atoms with E-state index in [0.29, 0.717) is 36.8 Å². The number of para-hydroxylation sites is 1. The lowest BCUT2D eigenvalue weighted by Crippen LogP contribution is -2.29. The number of nitrogens with one attached hydrogen (secondary N) is 1. The number of aromatic carboxylic acids is 1. The van der Waals surface area contributed by atoms with E-state index < -0.39 is 5.97 Å². The molecule has 1 fully saturated rings. The molecule has 1 aliphatic heterocycles. The van der Waals surface area contributed by atoms with Gasteiger partial charge in [-0.05, 0) is 12.1 Å². The fourth-order valence-electron chi connectivity index (χ4n) is 2.00. The number of halogens is 1. The Balaban J connectivity index is 2.37. The summed E-state index contributed by atoms with van der Waals surface area (Å²) in [4.78, 5) is 24.3. The summed E-state index contributed by atoms with van der Waals surface area (Å²) in [5, 5.41) is 12.3. The molecule has 1 heterocycles. The van der Waals surface area contributed by atoms with Gasteiger partial charge in [-0.3, -0.25) is 4.79 Å². The molecule has 0 saturated carbocycles. The number of nitrogens with zero attached hydrogens (tertiary/aromatic N) is 1. The number of hydrogen-bond acceptors (Lipinski definition) is 3. The zero-order chi connectivity index (χ0) is 13.1. The van der Waals surface area contributed by atoms with E-state index in [1.165, 1.54) is 6.07 Å². The van der Waals surface area contributed by atoms with Gasteiger partial charge in [0.05, 0.1) is 16.3 Å². The minimum absolute atomic E-state index is 0.0265. The van der Waals surface area contributed by atoms with Gasteiger partial charge in [-0.25, -0.2) is 4.79 Å². The zero-order valence-corrected chi connectivity index (χ0v) is 10.4. The number of benzene rings is 1. The maximum atomic E-state index is 11.3. The SMILES string of the molecule is O=C1CCN(c2c(Cl)cccc2C(=O)O)CCN1. The summed E-state index contributed by atoms with van der Waals surface area (Å²) >= 11 is 6.09. The molecule has 1 aliphatic rings. The molecule has 0 unspecified atom stereocenters. The Labute approximate surface area is 109 Å². The lowest BCUT2D eigenvalue weighted by Gasteiger charge is -2.24. The van der Waals surface area contributed by atoms with Crippen LogP contribution in [0.4, 0.5) is 5.69 Å². The minimum Gasteiger partial charge on any atom is -0.478 e. The quantitative estimate of drug-likeness (QED) is 0.850. The fourth-order valence-corrected chi connectivity index (χ4v) is 2.29. The number of rotatable bonds is 2. The van der Waals surface area contributed by atoms with Crippen molar-refractivity contribution < 1.29 is 14.7 Å². The van der Waals surface area contributed by atoms with E-state index in [1.807, 2.05) is 4.90 Å². The first kappa shape index (κ1) is 12.7. The molecule has 2 rings (SSSR count). The summed E-state index contributed by atoms with van der Waals surface area (Å²) in [5.41, 5.74) is 0.653. The molecular weight excluding hydrogens is 256 g/mol. The van der Waals surface area contributed by atoms with Crippen molar-refractivity contribution in [3.63, 3.8) is 0 Å². The number of hydrogen-bond donors (Lipinski definition) is 2. The molecule has 1 saturated heterocycles. The second kappa shape index (κ2) is 5.27. The molecule has 0 bridgehead atoms. The summed E-state index contributed by atoms with van der Waals surface area (Å²) in [6.45, 7) is 1.51. The van der Waals surface area contributed by atoms with Gasteiger partial charge in [-0.2, -0.15) is 0 Å². The highest BCUT2D eigenvalue weighted by molar-refractivity contribution is 6.34. The highest BCUT2D eigenvalue weighted by Gasteiger charge is 2.21. The van der Waals surface area contributed by atoms with Crippen LogP contribution in [-0.2, 0) is 4.79 Å². The Kier molecular flexibility index (Phi) is 3.72. The molecule has 0 atom stereocenters. The Bertz CT molecular complexity index is 490. The van der Waals surface area contributed by atoms with E-state index in [2.05, 4.69) is 5.32 Å². The van der Waals surface area contributed by atoms with Crippen LogP contribution in [0.25, 0.3) is 0 Å². The van der Waals surface area contributed by atoms with Gasteiger partial charge >= 0.3 is 5.97 Å². The molecule has 6 heteroatoms. The standard InChI is InChI=1S/C12H13ClN2O3/c13-9-3-1-2-8(12(17)18)11(9)15-6-4-10(16)14-5-7-15/h1-3H,4-7H2,(H,14,16)(H,17,18). The van der Waals surface area contributed by atoms with Crippen molar-refractivity contribution in [2.75, 3.05) is 24.5 Å². The van der Waals surface area contributed by atoms with Crippen LogP contribution in [0.15, 0.2) is 18.2 Å². The molecule has 1 aromatic rings. The fraction of sp³-hybridized carbons (Fsp3) is 0.333. The van der Waals surface area contributed by atoms with E-state index in [9.17, 15) is 14.7 Å². The molecule has 0 aromatic heterocycles. The van der Waals surface area contributed by atoms with Crippen molar-refractivity contribution in [1.29, 1.82) is 0 Å². The van der Waals surface area contributed by atoms with E-state index >= 15 is 0 Å². The molecule has 5 nitrogen and oxygen atoms in total. The molecule has 0 radical (unpaired) electrons. The van der Waals surface area contributed by atoms with Gasteiger partial charge in [0, 0.05) is 26.1 Å². The van der Waals surface area contributed by atoms with E-state index in [1.54, 1.807) is 12.1 Å². The molecule has 2 N–H and O–H groups in total. The summed E-state index contributed by atoms with van der Waals surface area (Å²) in [6.07, 6.45) is 0.338. The van der Waals surface area contributed by atoms with Gasteiger partial charge in [0.25, 0.3) is 0 Å². The molecule has 1 amide bonds. The molecule has 96 valence electrons. The summed E-state index contributed by atoms with van der Waals surface area (Å²) in [5.74, 6) is -1.04. The Morgan fingerprint density at radius 2 is 2.17 bits per heavy atom. The Hall–Kier alpha value is -1.75. The van der Waals surface area contributed by atoms with Crippen LogP contribution in [0.1, 0.15) is 16.8 Å². The third-order valence-electron chi connectivity index (χ3n) is 2.85. The average Bonchev–Trinajstić information content (AvgIpc) is 2.53. The lowest BCUT2D eigenvalue weighted by atomic mass is 10.1. The Morgan fingerprint density at radius 1 is 1.39 bits per heavy atom. The second-order valence-corrected chi connectivity index (χ2v) is 4.44. The van der Waals surface area contributed by atoms with Crippen LogP contribution in [0.2, 0.25) is 5.02 Å². The first-order valence-electron chi connectivity index (χ1n) is 5.63. The van der Waals surface area contributed by atoms with E-state index in [-0.39, 0.29) is 11.5 Å². The van der Waals surface area contributed by atoms with Crippen molar-refractivity contribution in [2.24, 2.45) is 0 Å². The van der Waals surface area contributed by atoms with Gasteiger partial charge in [0.15, 0.2) is 0 Å². The zero-order valence-electron chi connectivity index (χ0n) is 9.65. The van der Waals surface area contributed by atoms with Crippen molar-refractivity contribution in [2.45, 2.75) is 6.42 Å². The highest BCUT2D eigenvalue weighted by Crippen LogP contribution is 2.30. The number of carboxylic acid groups (broad SMARTS) is 1. The van der Waals surface area contributed by atoms with Crippen molar-refractivity contribution >= 4 is 29.2 Å². The van der Waals surface area contributed by atoms with E-state index in [4.69, 9.17) is 11.6 Å². The van der Waals surface area contributed by atoms with E-state index in [0.717, 1.165) is 0 Å². The summed E-state index contributed by atoms with van der Waals surface area (Å²) in [6, 6.07) is 4.78. The number of carbonyl (C=O) groups is 2. The van der Waals surface area contributed by atoms with Crippen molar-refractivity contribution in [3.05, 3.63) is 28.8 Å². The first-order chi connectivity index (χ1) is 8.59. The van der Waals surface area contributed by atoms with Gasteiger partial charge in [0.1, 0.15) is 0 Å². The molecule has 18 heavy (non-hydrogen) atoms. The first-order valence-corrected chi connectivity index (χ1v) is 6.01. The predicted molar refractivity (Wildman–Crippen MR) is 68.3 cm³/mol. The molecule has 0 spiro atoms. The third-order valence-corrected chi connectivity index (χ3v) is 3.15.